The second-order valence-electron chi connectivity index (χ2n) is 3.16. The quantitative estimate of drug-likeness (QED) is 0.864. The molecule has 14 heavy (non-hydrogen) atoms. The first-order valence-electron chi connectivity index (χ1n) is 4.08. The molecule has 0 aliphatic heterocycles. The van der Waals surface area contributed by atoms with Gasteiger partial charge in [0.15, 0.2) is 0 Å². The fraction of sp³-hybridized carbons (Fsp3) is 0.333. The van der Waals surface area contributed by atoms with Gasteiger partial charge in [-0.15, -0.1) is 0 Å². The molecule has 78 valence electrons. The molecule has 1 aromatic carbocycles. The number of sulfonamides is 1. The Morgan fingerprint density at radius 2 is 2.07 bits per heavy atom. The summed E-state index contributed by atoms with van der Waals surface area (Å²) in [5.41, 5.74) is 1.91. The van der Waals surface area contributed by atoms with Crippen molar-refractivity contribution in [2.75, 3.05) is 6.26 Å². The van der Waals surface area contributed by atoms with Crippen molar-refractivity contribution >= 4 is 21.6 Å². The van der Waals surface area contributed by atoms with Crippen LogP contribution in [0.2, 0.25) is 5.02 Å². The Morgan fingerprint density at radius 3 is 2.64 bits per heavy atom. The van der Waals surface area contributed by atoms with E-state index in [9.17, 15) is 8.42 Å². The zero-order valence-electron chi connectivity index (χ0n) is 8.04. The number of benzene rings is 1. The molecule has 0 unspecified atom stereocenters. The molecule has 0 aliphatic rings. The molecule has 0 atom stereocenters. The third kappa shape index (κ3) is 3.65. The fourth-order valence-electron chi connectivity index (χ4n) is 1.04. The Morgan fingerprint density at radius 1 is 1.43 bits per heavy atom. The third-order valence-electron chi connectivity index (χ3n) is 1.84. The monoisotopic (exact) mass is 233 g/mol. The van der Waals surface area contributed by atoms with Crippen LogP contribution in [0.5, 0.6) is 0 Å². The first-order chi connectivity index (χ1) is 6.38. The molecule has 1 rings (SSSR count). The zero-order valence-corrected chi connectivity index (χ0v) is 9.61. The van der Waals surface area contributed by atoms with E-state index < -0.39 is 10.0 Å². The predicted octanol–water partition coefficient (Wildman–Crippen LogP) is 1.70. The van der Waals surface area contributed by atoms with E-state index in [1.54, 1.807) is 12.1 Å². The second-order valence-corrected chi connectivity index (χ2v) is 5.43. The second kappa shape index (κ2) is 4.29. The summed E-state index contributed by atoms with van der Waals surface area (Å²) in [5.74, 6) is 0. The average molecular weight is 234 g/mol. The van der Waals surface area contributed by atoms with E-state index in [-0.39, 0.29) is 6.54 Å². The van der Waals surface area contributed by atoms with Crippen molar-refractivity contribution in [3.05, 3.63) is 34.3 Å². The molecule has 0 spiro atoms. The van der Waals surface area contributed by atoms with Gasteiger partial charge in [-0.25, -0.2) is 13.1 Å². The van der Waals surface area contributed by atoms with E-state index in [2.05, 4.69) is 4.72 Å². The van der Waals surface area contributed by atoms with Gasteiger partial charge in [0.25, 0.3) is 0 Å². The Bertz CT molecular complexity index is 428. The first-order valence-corrected chi connectivity index (χ1v) is 6.35. The van der Waals surface area contributed by atoms with Crippen LogP contribution < -0.4 is 4.72 Å². The molecule has 0 radical (unpaired) electrons. The molecule has 0 bridgehead atoms. The highest BCUT2D eigenvalue weighted by molar-refractivity contribution is 7.88. The van der Waals surface area contributed by atoms with Crippen LogP contribution in [0.3, 0.4) is 0 Å². The SMILES string of the molecule is Cc1ccc(Cl)cc1CNS(C)(=O)=O. The largest absolute Gasteiger partial charge is 0.213 e. The van der Waals surface area contributed by atoms with Crippen LogP contribution in [0.1, 0.15) is 11.1 Å². The standard InChI is InChI=1S/C9H12ClNO2S/c1-7-3-4-9(10)5-8(7)6-11-14(2,12)13/h3-5,11H,6H2,1-2H3. The van der Waals surface area contributed by atoms with Crippen molar-refractivity contribution in [2.24, 2.45) is 0 Å². The molecule has 5 heteroatoms. The van der Waals surface area contributed by atoms with Gasteiger partial charge in [0.2, 0.25) is 10.0 Å². The lowest BCUT2D eigenvalue weighted by molar-refractivity contribution is 0.587. The van der Waals surface area contributed by atoms with Crippen LogP contribution in [0.25, 0.3) is 0 Å². The van der Waals surface area contributed by atoms with E-state index in [0.717, 1.165) is 17.4 Å². The van der Waals surface area contributed by atoms with Crippen molar-refractivity contribution < 1.29 is 8.42 Å². The lowest BCUT2D eigenvalue weighted by Gasteiger charge is -2.06. The Balaban J connectivity index is 2.81. The summed E-state index contributed by atoms with van der Waals surface area (Å²) >= 11 is 5.79. The highest BCUT2D eigenvalue weighted by atomic mass is 35.5. The summed E-state index contributed by atoms with van der Waals surface area (Å²) in [6.45, 7) is 2.20. The number of rotatable bonds is 3. The molecule has 0 amide bonds. The van der Waals surface area contributed by atoms with Gasteiger partial charge in [0.05, 0.1) is 6.26 Å². The topological polar surface area (TPSA) is 46.2 Å². The lowest BCUT2D eigenvalue weighted by atomic mass is 10.1. The maximum absolute atomic E-state index is 10.9. The number of halogens is 1. The van der Waals surface area contributed by atoms with Crippen molar-refractivity contribution in [2.45, 2.75) is 13.5 Å². The third-order valence-corrected chi connectivity index (χ3v) is 2.74. The summed E-state index contributed by atoms with van der Waals surface area (Å²) < 4.78 is 24.1. The molecule has 0 aliphatic carbocycles. The van der Waals surface area contributed by atoms with Crippen molar-refractivity contribution in [3.63, 3.8) is 0 Å². The van der Waals surface area contributed by atoms with E-state index >= 15 is 0 Å². The minimum absolute atomic E-state index is 0.283. The Hall–Kier alpha value is -0.580. The van der Waals surface area contributed by atoms with Crippen LogP contribution >= 0.6 is 11.6 Å². The van der Waals surface area contributed by atoms with Gasteiger partial charge in [-0.1, -0.05) is 17.7 Å². The van der Waals surface area contributed by atoms with Gasteiger partial charge < -0.3 is 0 Å². The molecule has 0 saturated carbocycles. The number of hydrogen-bond donors (Lipinski definition) is 1. The summed E-state index contributed by atoms with van der Waals surface area (Å²) in [6.07, 6.45) is 1.13. The molecule has 1 aromatic rings. The Labute approximate surface area is 89.1 Å². The summed E-state index contributed by atoms with van der Waals surface area (Å²) in [7, 11) is -3.15. The smallest absolute Gasteiger partial charge is 0.209 e. The van der Waals surface area contributed by atoms with Gasteiger partial charge >= 0.3 is 0 Å². The van der Waals surface area contributed by atoms with Gasteiger partial charge in [-0.05, 0) is 30.2 Å². The van der Waals surface area contributed by atoms with E-state index in [4.69, 9.17) is 11.6 Å². The maximum atomic E-state index is 10.9. The van der Waals surface area contributed by atoms with Crippen LogP contribution in [0.15, 0.2) is 18.2 Å². The van der Waals surface area contributed by atoms with E-state index in [0.29, 0.717) is 5.02 Å². The van der Waals surface area contributed by atoms with Gasteiger partial charge in [0, 0.05) is 11.6 Å². The Kier molecular flexibility index (Phi) is 3.53. The van der Waals surface area contributed by atoms with Crippen LogP contribution in [0, 0.1) is 6.92 Å². The number of hydrogen-bond acceptors (Lipinski definition) is 2. The molecular formula is C9H12ClNO2S. The zero-order chi connectivity index (χ0) is 10.8. The minimum atomic E-state index is -3.15. The highest BCUT2D eigenvalue weighted by Crippen LogP contribution is 2.15. The fourth-order valence-corrected chi connectivity index (χ4v) is 1.65. The van der Waals surface area contributed by atoms with Gasteiger partial charge in [0.1, 0.15) is 0 Å². The maximum Gasteiger partial charge on any atom is 0.209 e. The number of aryl methyl sites for hydroxylation is 1. The predicted molar refractivity (Wildman–Crippen MR) is 57.9 cm³/mol. The first kappa shape index (κ1) is 11.5. The molecule has 1 N–H and O–H groups in total. The van der Waals surface area contributed by atoms with E-state index in [1.165, 1.54) is 0 Å². The molecular weight excluding hydrogens is 222 g/mol. The molecule has 0 fully saturated rings. The lowest BCUT2D eigenvalue weighted by Crippen LogP contribution is -2.21. The minimum Gasteiger partial charge on any atom is -0.213 e. The number of nitrogens with one attached hydrogen (secondary N) is 1. The van der Waals surface area contributed by atoms with Crippen LogP contribution in [-0.2, 0) is 16.6 Å². The van der Waals surface area contributed by atoms with Crippen molar-refractivity contribution in [1.29, 1.82) is 0 Å². The molecule has 3 nitrogen and oxygen atoms in total. The molecule has 0 heterocycles. The van der Waals surface area contributed by atoms with Crippen LogP contribution in [0.4, 0.5) is 0 Å². The van der Waals surface area contributed by atoms with Crippen molar-refractivity contribution in [3.8, 4) is 0 Å². The van der Waals surface area contributed by atoms with Gasteiger partial charge in [-0.3, -0.25) is 0 Å². The summed E-state index contributed by atoms with van der Waals surface area (Å²) in [4.78, 5) is 0. The average Bonchev–Trinajstić information content (AvgIpc) is 2.05. The van der Waals surface area contributed by atoms with Gasteiger partial charge in [-0.2, -0.15) is 0 Å². The van der Waals surface area contributed by atoms with Crippen LogP contribution in [-0.4, -0.2) is 14.7 Å². The normalized spacial score (nSPS) is 11.6. The summed E-state index contributed by atoms with van der Waals surface area (Å²) in [6, 6.07) is 5.40. The summed E-state index contributed by atoms with van der Waals surface area (Å²) in [5, 5.41) is 0.612. The molecule has 0 aromatic heterocycles. The van der Waals surface area contributed by atoms with E-state index in [1.807, 2.05) is 13.0 Å². The highest BCUT2D eigenvalue weighted by Gasteiger charge is 2.03. The molecule has 0 saturated heterocycles. The van der Waals surface area contributed by atoms with Crippen molar-refractivity contribution in [1.82, 2.24) is 4.72 Å².